The first-order valence-corrected chi connectivity index (χ1v) is 7.86. The molecule has 24 heavy (non-hydrogen) atoms. The van der Waals surface area contributed by atoms with Gasteiger partial charge in [0.05, 0.1) is 32.0 Å². The monoisotopic (exact) mass is 329 g/mol. The van der Waals surface area contributed by atoms with Gasteiger partial charge in [0.1, 0.15) is 5.75 Å². The second-order valence-corrected chi connectivity index (χ2v) is 5.40. The molecule has 2 N–H and O–H groups in total. The van der Waals surface area contributed by atoms with Crippen molar-refractivity contribution >= 4 is 5.91 Å². The highest BCUT2D eigenvalue weighted by atomic mass is 16.5. The van der Waals surface area contributed by atoms with Crippen LogP contribution >= 0.6 is 0 Å². The second-order valence-electron chi connectivity index (χ2n) is 5.40. The Balaban J connectivity index is 2.06. The first kappa shape index (κ1) is 18.0. The Kier molecular flexibility index (Phi) is 6.78. The van der Waals surface area contributed by atoms with Crippen LogP contribution in [0.25, 0.3) is 0 Å². The van der Waals surface area contributed by atoms with E-state index in [2.05, 4.69) is 5.32 Å². The van der Waals surface area contributed by atoms with E-state index in [-0.39, 0.29) is 25.2 Å². The second kappa shape index (κ2) is 9.05. The summed E-state index contributed by atoms with van der Waals surface area (Å²) in [7, 11) is 1.53. The van der Waals surface area contributed by atoms with Crippen LogP contribution < -0.4 is 10.1 Å². The zero-order chi connectivity index (χ0) is 17.4. The maximum absolute atomic E-state index is 12.4. The standard InChI is InChI=1S/C19H23NO4/c1-14-7-9-15(10-8-14)18(24-12-11-21)13-20-19(22)16-5-3-4-6-17(16)23-2/h3-10,18,21H,11-13H2,1-2H3,(H,20,22)/t18-/m0/s1. The molecular weight excluding hydrogens is 306 g/mol. The van der Waals surface area contributed by atoms with Crippen LogP contribution in [0.5, 0.6) is 5.75 Å². The number of methoxy groups -OCH3 is 1. The highest BCUT2D eigenvalue weighted by Crippen LogP contribution is 2.19. The van der Waals surface area contributed by atoms with E-state index < -0.39 is 0 Å². The van der Waals surface area contributed by atoms with Gasteiger partial charge in [-0.1, -0.05) is 42.0 Å². The summed E-state index contributed by atoms with van der Waals surface area (Å²) in [5.74, 6) is 0.301. The topological polar surface area (TPSA) is 67.8 Å². The van der Waals surface area contributed by atoms with Gasteiger partial charge in [-0.3, -0.25) is 4.79 Å². The van der Waals surface area contributed by atoms with Gasteiger partial charge in [0.2, 0.25) is 0 Å². The van der Waals surface area contributed by atoms with E-state index in [9.17, 15) is 4.79 Å². The van der Waals surface area contributed by atoms with Crippen LogP contribution in [0.2, 0.25) is 0 Å². The van der Waals surface area contributed by atoms with Crippen molar-refractivity contribution < 1.29 is 19.4 Å². The minimum absolute atomic E-state index is 0.0667. The van der Waals surface area contributed by atoms with Crippen LogP contribution in [0.15, 0.2) is 48.5 Å². The van der Waals surface area contributed by atoms with E-state index in [1.165, 1.54) is 7.11 Å². The van der Waals surface area contributed by atoms with Crippen LogP contribution in [-0.2, 0) is 4.74 Å². The Morgan fingerprint density at radius 2 is 1.88 bits per heavy atom. The number of benzene rings is 2. The molecule has 2 aromatic rings. The zero-order valence-electron chi connectivity index (χ0n) is 14.0. The van der Waals surface area contributed by atoms with Crippen molar-refractivity contribution in [3.8, 4) is 5.75 Å². The number of aliphatic hydroxyl groups is 1. The number of hydrogen-bond donors (Lipinski definition) is 2. The fourth-order valence-corrected chi connectivity index (χ4v) is 2.36. The van der Waals surface area contributed by atoms with E-state index >= 15 is 0 Å². The minimum Gasteiger partial charge on any atom is -0.496 e. The van der Waals surface area contributed by atoms with E-state index in [1.54, 1.807) is 18.2 Å². The van der Waals surface area contributed by atoms with Crippen molar-refractivity contribution in [1.82, 2.24) is 5.32 Å². The first-order chi connectivity index (χ1) is 11.7. The molecule has 0 saturated heterocycles. The zero-order valence-corrected chi connectivity index (χ0v) is 14.0. The Labute approximate surface area is 142 Å². The molecule has 2 rings (SSSR count). The summed E-state index contributed by atoms with van der Waals surface area (Å²) in [6.07, 6.45) is -0.323. The van der Waals surface area contributed by atoms with E-state index in [4.69, 9.17) is 14.6 Å². The predicted octanol–water partition coefficient (Wildman–Crippen LogP) is 2.48. The summed E-state index contributed by atoms with van der Waals surface area (Å²) >= 11 is 0. The van der Waals surface area contributed by atoms with Crippen LogP contribution in [0, 0.1) is 6.92 Å². The van der Waals surface area contributed by atoms with Crippen LogP contribution in [0.4, 0.5) is 0 Å². The average molecular weight is 329 g/mol. The number of aliphatic hydroxyl groups excluding tert-OH is 1. The van der Waals surface area contributed by atoms with E-state index in [0.29, 0.717) is 17.9 Å². The molecule has 0 saturated carbocycles. The van der Waals surface area contributed by atoms with Crippen LogP contribution in [-0.4, -0.2) is 37.9 Å². The third-order valence-corrected chi connectivity index (χ3v) is 3.66. The maximum Gasteiger partial charge on any atom is 0.255 e. The number of hydrogen-bond acceptors (Lipinski definition) is 4. The number of ether oxygens (including phenoxy) is 2. The molecule has 0 spiro atoms. The molecule has 1 atom stereocenters. The number of para-hydroxylation sites is 1. The SMILES string of the molecule is COc1ccccc1C(=O)NC[C@H](OCCO)c1ccc(C)cc1. The largest absolute Gasteiger partial charge is 0.496 e. The van der Waals surface area contributed by atoms with Crippen LogP contribution in [0.3, 0.4) is 0 Å². The van der Waals surface area contributed by atoms with Gasteiger partial charge in [-0.2, -0.15) is 0 Å². The lowest BCUT2D eigenvalue weighted by Crippen LogP contribution is -2.30. The lowest BCUT2D eigenvalue weighted by atomic mass is 10.1. The molecule has 0 radical (unpaired) electrons. The number of rotatable bonds is 8. The molecule has 5 nitrogen and oxygen atoms in total. The molecule has 5 heteroatoms. The average Bonchev–Trinajstić information content (AvgIpc) is 2.62. The summed E-state index contributed by atoms with van der Waals surface area (Å²) in [5.41, 5.74) is 2.58. The number of carbonyl (C=O) groups is 1. The normalized spacial score (nSPS) is 11.8. The highest BCUT2D eigenvalue weighted by molar-refractivity contribution is 5.96. The number of aryl methyl sites for hydroxylation is 1. The van der Waals surface area contributed by atoms with E-state index in [0.717, 1.165) is 11.1 Å². The van der Waals surface area contributed by atoms with Crippen molar-refractivity contribution in [2.45, 2.75) is 13.0 Å². The first-order valence-electron chi connectivity index (χ1n) is 7.86. The molecule has 0 fully saturated rings. The maximum atomic E-state index is 12.4. The smallest absolute Gasteiger partial charge is 0.255 e. The summed E-state index contributed by atoms with van der Waals surface area (Å²) in [5, 5.41) is 11.9. The summed E-state index contributed by atoms with van der Waals surface area (Å²) in [6.45, 7) is 2.46. The van der Waals surface area contributed by atoms with E-state index in [1.807, 2.05) is 37.3 Å². The fourth-order valence-electron chi connectivity index (χ4n) is 2.36. The molecule has 2 aromatic carbocycles. The molecule has 0 aliphatic carbocycles. The fraction of sp³-hybridized carbons (Fsp3) is 0.316. The lowest BCUT2D eigenvalue weighted by Gasteiger charge is -2.19. The van der Waals surface area contributed by atoms with Gasteiger partial charge in [0, 0.05) is 6.54 Å². The minimum atomic E-state index is -0.323. The molecule has 1 amide bonds. The van der Waals surface area contributed by atoms with Crippen molar-refractivity contribution in [3.05, 3.63) is 65.2 Å². The predicted molar refractivity (Wildman–Crippen MR) is 92.3 cm³/mol. The third kappa shape index (κ3) is 4.81. The molecule has 0 aromatic heterocycles. The quantitative estimate of drug-likeness (QED) is 0.781. The Morgan fingerprint density at radius 1 is 1.17 bits per heavy atom. The van der Waals surface area contributed by atoms with Gasteiger partial charge in [-0.25, -0.2) is 0 Å². The van der Waals surface area contributed by atoms with Crippen molar-refractivity contribution in [2.24, 2.45) is 0 Å². The molecule has 0 aliphatic heterocycles. The third-order valence-electron chi connectivity index (χ3n) is 3.66. The van der Waals surface area contributed by atoms with Gasteiger partial charge in [-0.05, 0) is 24.6 Å². The molecular formula is C19H23NO4. The lowest BCUT2D eigenvalue weighted by molar-refractivity contribution is 0.0277. The molecule has 128 valence electrons. The highest BCUT2D eigenvalue weighted by Gasteiger charge is 2.16. The van der Waals surface area contributed by atoms with Gasteiger partial charge < -0.3 is 19.9 Å². The van der Waals surface area contributed by atoms with Crippen molar-refractivity contribution in [1.29, 1.82) is 0 Å². The Hall–Kier alpha value is -2.37. The molecule has 0 unspecified atom stereocenters. The summed E-state index contributed by atoms with van der Waals surface area (Å²) in [6, 6.07) is 15.0. The van der Waals surface area contributed by atoms with Gasteiger partial charge in [0.15, 0.2) is 0 Å². The Bertz CT molecular complexity index is 655. The van der Waals surface area contributed by atoms with Crippen molar-refractivity contribution in [2.75, 3.05) is 26.9 Å². The van der Waals surface area contributed by atoms with Crippen molar-refractivity contribution in [3.63, 3.8) is 0 Å². The summed E-state index contributed by atoms with van der Waals surface area (Å²) < 4.78 is 10.9. The number of nitrogens with one attached hydrogen (secondary N) is 1. The molecule has 0 bridgehead atoms. The van der Waals surface area contributed by atoms with Gasteiger partial charge in [0.25, 0.3) is 5.91 Å². The summed E-state index contributed by atoms with van der Waals surface area (Å²) in [4.78, 5) is 12.4. The molecule has 0 aliphatic rings. The van der Waals surface area contributed by atoms with Gasteiger partial charge in [-0.15, -0.1) is 0 Å². The number of carbonyl (C=O) groups excluding carboxylic acids is 1. The number of amides is 1. The van der Waals surface area contributed by atoms with Crippen LogP contribution in [0.1, 0.15) is 27.6 Å². The molecule has 0 heterocycles. The Morgan fingerprint density at radius 3 is 2.54 bits per heavy atom. The van der Waals surface area contributed by atoms with Gasteiger partial charge >= 0.3 is 0 Å².